The van der Waals surface area contributed by atoms with Crippen LogP contribution in [-0.4, -0.2) is 34.7 Å². The van der Waals surface area contributed by atoms with Gasteiger partial charge in [-0.25, -0.2) is 0 Å². The Morgan fingerprint density at radius 3 is 2.14 bits per heavy atom. The van der Waals surface area contributed by atoms with Gasteiger partial charge in [0, 0.05) is 31.0 Å². The minimum atomic E-state index is -0.328. The van der Waals surface area contributed by atoms with Crippen molar-refractivity contribution in [3.63, 3.8) is 0 Å². The van der Waals surface area contributed by atoms with Crippen molar-refractivity contribution in [2.75, 3.05) is 13.1 Å². The van der Waals surface area contributed by atoms with Crippen molar-refractivity contribution in [2.45, 2.75) is 51.7 Å². The molecule has 0 amide bonds. The molecule has 2 aliphatic rings. The minimum absolute atomic E-state index is 0.328. The first-order chi connectivity index (χ1) is 6.58. The van der Waals surface area contributed by atoms with Gasteiger partial charge in [0.15, 0.2) is 0 Å². The van der Waals surface area contributed by atoms with Crippen molar-refractivity contribution in [1.82, 2.24) is 4.90 Å². The third kappa shape index (κ3) is 1.40. The van der Waals surface area contributed by atoms with E-state index in [1.807, 2.05) is 0 Å². The van der Waals surface area contributed by atoms with Gasteiger partial charge >= 0.3 is 0 Å². The molecule has 1 heterocycles. The predicted molar refractivity (Wildman–Crippen MR) is 58.2 cm³/mol. The number of fused-ring (bicyclic) bond motifs is 2. The summed E-state index contributed by atoms with van der Waals surface area (Å²) in [5.41, 5.74) is -0.328. The normalized spacial score (nSPS) is 43.5. The molecule has 1 aliphatic carbocycles. The Bertz CT molecular complexity index is 200. The molecule has 1 aliphatic heterocycles. The highest BCUT2D eigenvalue weighted by Crippen LogP contribution is 2.47. The molecule has 2 heteroatoms. The van der Waals surface area contributed by atoms with Gasteiger partial charge in [0.2, 0.25) is 0 Å². The van der Waals surface area contributed by atoms with E-state index in [4.69, 9.17) is 0 Å². The lowest BCUT2D eigenvalue weighted by Crippen LogP contribution is -2.55. The zero-order valence-corrected chi connectivity index (χ0v) is 9.66. The summed E-state index contributed by atoms with van der Waals surface area (Å²) in [5.74, 6) is 1.07. The Labute approximate surface area is 87.3 Å². The molecule has 2 bridgehead atoms. The fourth-order valence-electron chi connectivity index (χ4n) is 3.37. The molecule has 82 valence electrons. The van der Waals surface area contributed by atoms with E-state index in [-0.39, 0.29) is 5.60 Å². The maximum atomic E-state index is 10.6. The predicted octanol–water partition coefficient (Wildman–Crippen LogP) is 1.88. The van der Waals surface area contributed by atoms with E-state index in [0.717, 1.165) is 19.5 Å². The third-order valence-corrected chi connectivity index (χ3v) is 4.48. The van der Waals surface area contributed by atoms with E-state index < -0.39 is 0 Å². The monoisotopic (exact) mass is 197 g/mol. The summed E-state index contributed by atoms with van der Waals surface area (Å²) in [6.07, 6.45) is 3.41. The fraction of sp³-hybridized carbons (Fsp3) is 1.00. The summed E-state index contributed by atoms with van der Waals surface area (Å²) in [7, 11) is 0. The van der Waals surface area contributed by atoms with Crippen LogP contribution in [0.1, 0.15) is 40.0 Å². The molecule has 2 unspecified atom stereocenters. The Morgan fingerprint density at radius 2 is 1.79 bits per heavy atom. The molecular weight excluding hydrogens is 174 g/mol. The SMILES string of the molecule is CCC1(O)C2CCC1CN(C(C)C)C2. The second kappa shape index (κ2) is 3.49. The van der Waals surface area contributed by atoms with Crippen molar-refractivity contribution in [3.05, 3.63) is 0 Å². The van der Waals surface area contributed by atoms with Crippen molar-refractivity contribution in [1.29, 1.82) is 0 Å². The average Bonchev–Trinajstić information content (AvgIpc) is 2.40. The summed E-state index contributed by atoms with van der Waals surface area (Å²) in [6.45, 7) is 8.87. The number of hydrogen-bond acceptors (Lipinski definition) is 2. The van der Waals surface area contributed by atoms with Crippen LogP contribution in [0.4, 0.5) is 0 Å². The highest BCUT2D eigenvalue weighted by molar-refractivity contribution is 5.03. The lowest BCUT2D eigenvalue weighted by Gasteiger charge is -2.45. The molecule has 0 radical (unpaired) electrons. The van der Waals surface area contributed by atoms with Gasteiger partial charge in [-0.15, -0.1) is 0 Å². The van der Waals surface area contributed by atoms with Crippen LogP contribution in [0.5, 0.6) is 0 Å². The third-order valence-electron chi connectivity index (χ3n) is 4.48. The summed E-state index contributed by atoms with van der Waals surface area (Å²) in [6, 6.07) is 0.638. The molecule has 2 atom stereocenters. The summed E-state index contributed by atoms with van der Waals surface area (Å²) >= 11 is 0. The summed E-state index contributed by atoms with van der Waals surface area (Å²) in [5, 5.41) is 10.6. The molecule has 0 aromatic heterocycles. The number of piperidine rings is 1. The van der Waals surface area contributed by atoms with E-state index in [0.29, 0.717) is 17.9 Å². The number of likely N-dealkylation sites (tertiary alicyclic amines) is 1. The Hall–Kier alpha value is -0.0800. The van der Waals surface area contributed by atoms with Gasteiger partial charge in [-0.05, 0) is 33.1 Å². The van der Waals surface area contributed by atoms with E-state index >= 15 is 0 Å². The Morgan fingerprint density at radius 1 is 1.29 bits per heavy atom. The van der Waals surface area contributed by atoms with Crippen molar-refractivity contribution < 1.29 is 5.11 Å². The van der Waals surface area contributed by atoms with Crippen LogP contribution in [0, 0.1) is 11.8 Å². The number of rotatable bonds is 2. The number of nitrogens with zero attached hydrogens (tertiary/aromatic N) is 1. The molecule has 1 saturated carbocycles. The maximum Gasteiger partial charge on any atom is 0.0725 e. The molecule has 0 aromatic rings. The van der Waals surface area contributed by atoms with E-state index in [2.05, 4.69) is 25.7 Å². The van der Waals surface area contributed by atoms with Crippen LogP contribution in [0.3, 0.4) is 0 Å². The smallest absolute Gasteiger partial charge is 0.0725 e. The number of hydrogen-bond donors (Lipinski definition) is 1. The fourth-order valence-corrected chi connectivity index (χ4v) is 3.37. The standard InChI is InChI=1S/C12H23NO/c1-4-12(14)10-5-6-11(12)8-13(7-10)9(2)3/h9-11,14H,4-8H2,1-3H3. The van der Waals surface area contributed by atoms with Crippen LogP contribution in [0.25, 0.3) is 0 Å². The molecule has 0 aromatic carbocycles. The molecule has 14 heavy (non-hydrogen) atoms. The zero-order valence-electron chi connectivity index (χ0n) is 9.66. The van der Waals surface area contributed by atoms with Gasteiger partial charge in [0.25, 0.3) is 0 Å². The van der Waals surface area contributed by atoms with Gasteiger partial charge in [-0.3, -0.25) is 0 Å². The largest absolute Gasteiger partial charge is 0.389 e. The highest BCUT2D eigenvalue weighted by atomic mass is 16.3. The molecule has 2 nitrogen and oxygen atoms in total. The molecule has 2 rings (SSSR count). The minimum Gasteiger partial charge on any atom is -0.389 e. The molecular formula is C12H23NO. The van der Waals surface area contributed by atoms with E-state index in [1.165, 1.54) is 12.8 Å². The topological polar surface area (TPSA) is 23.5 Å². The Kier molecular flexibility index (Phi) is 2.61. The van der Waals surface area contributed by atoms with Gasteiger partial charge in [-0.2, -0.15) is 0 Å². The van der Waals surface area contributed by atoms with E-state index in [9.17, 15) is 5.11 Å². The molecule has 1 N–H and O–H groups in total. The lowest BCUT2D eigenvalue weighted by molar-refractivity contribution is -0.0912. The summed E-state index contributed by atoms with van der Waals surface area (Å²) in [4.78, 5) is 2.53. The molecule has 2 fully saturated rings. The number of aliphatic hydroxyl groups is 1. The van der Waals surface area contributed by atoms with Crippen molar-refractivity contribution in [2.24, 2.45) is 11.8 Å². The Balaban J connectivity index is 2.12. The first kappa shape index (κ1) is 10.4. The quantitative estimate of drug-likeness (QED) is 0.730. The average molecular weight is 197 g/mol. The molecule has 0 spiro atoms. The second-order valence-corrected chi connectivity index (χ2v) is 5.36. The molecule has 1 saturated heterocycles. The van der Waals surface area contributed by atoms with Crippen molar-refractivity contribution >= 4 is 0 Å². The van der Waals surface area contributed by atoms with Gasteiger partial charge in [-0.1, -0.05) is 6.92 Å². The first-order valence-electron chi connectivity index (χ1n) is 6.04. The maximum absolute atomic E-state index is 10.6. The first-order valence-corrected chi connectivity index (χ1v) is 6.04. The lowest BCUT2D eigenvalue weighted by atomic mass is 9.78. The van der Waals surface area contributed by atoms with Crippen LogP contribution < -0.4 is 0 Å². The highest BCUT2D eigenvalue weighted by Gasteiger charge is 2.51. The van der Waals surface area contributed by atoms with Gasteiger partial charge < -0.3 is 10.0 Å². The van der Waals surface area contributed by atoms with Crippen LogP contribution >= 0.6 is 0 Å². The van der Waals surface area contributed by atoms with Crippen LogP contribution in [0.15, 0.2) is 0 Å². The second-order valence-electron chi connectivity index (χ2n) is 5.36. The van der Waals surface area contributed by atoms with Crippen LogP contribution in [-0.2, 0) is 0 Å². The van der Waals surface area contributed by atoms with E-state index in [1.54, 1.807) is 0 Å². The van der Waals surface area contributed by atoms with Gasteiger partial charge in [0.05, 0.1) is 5.60 Å². The van der Waals surface area contributed by atoms with Crippen LogP contribution in [0.2, 0.25) is 0 Å². The van der Waals surface area contributed by atoms with Crippen molar-refractivity contribution in [3.8, 4) is 0 Å². The van der Waals surface area contributed by atoms with Gasteiger partial charge in [0.1, 0.15) is 0 Å². The zero-order chi connectivity index (χ0) is 10.3. The summed E-state index contributed by atoms with van der Waals surface area (Å²) < 4.78 is 0.